The number of nitrogens with zero attached hydrogens (tertiary/aromatic N) is 1. The molecule has 0 spiro atoms. The summed E-state index contributed by atoms with van der Waals surface area (Å²) >= 11 is 0. The molecule has 1 aromatic rings. The summed E-state index contributed by atoms with van der Waals surface area (Å²) in [6, 6.07) is 6.06. The second-order valence-electron chi connectivity index (χ2n) is 6.21. The molecule has 2 aliphatic rings. The monoisotopic (exact) mass is 288 g/mol. The van der Waals surface area contributed by atoms with Gasteiger partial charge in [-0.25, -0.2) is 4.79 Å². The summed E-state index contributed by atoms with van der Waals surface area (Å²) in [6.07, 6.45) is 7.77. The van der Waals surface area contributed by atoms with Crippen LogP contribution in [0.15, 0.2) is 18.2 Å². The Morgan fingerprint density at radius 1 is 1.24 bits per heavy atom. The predicted octanol–water partition coefficient (Wildman–Crippen LogP) is 3.21. The number of hydrogen-bond acceptors (Lipinski definition) is 4. The Kier molecular flexibility index (Phi) is 4.04. The van der Waals surface area contributed by atoms with E-state index in [4.69, 9.17) is 10.5 Å². The third kappa shape index (κ3) is 2.71. The summed E-state index contributed by atoms with van der Waals surface area (Å²) in [5.74, 6) is 0.488. The molecule has 2 atom stereocenters. The molecule has 21 heavy (non-hydrogen) atoms. The van der Waals surface area contributed by atoms with Gasteiger partial charge in [-0.1, -0.05) is 12.8 Å². The number of ether oxygens (including phenoxy) is 1. The number of rotatable bonds is 2. The lowest BCUT2D eigenvalue weighted by atomic mass is 9.78. The average Bonchev–Trinajstić information content (AvgIpc) is 2.54. The van der Waals surface area contributed by atoms with E-state index in [0.717, 1.165) is 23.8 Å². The molecule has 1 aromatic carbocycles. The van der Waals surface area contributed by atoms with Crippen molar-refractivity contribution in [2.75, 3.05) is 24.3 Å². The number of esters is 1. The maximum Gasteiger partial charge on any atom is 0.337 e. The average molecular weight is 288 g/mol. The van der Waals surface area contributed by atoms with E-state index in [0.29, 0.717) is 11.6 Å². The third-order valence-corrected chi connectivity index (χ3v) is 5.00. The molecule has 1 aliphatic carbocycles. The van der Waals surface area contributed by atoms with Crippen LogP contribution >= 0.6 is 0 Å². The van der Waals surface area contributed by atoms with E-state index in [-0.39, 0.29) is 5.97 Å². The van der Waals surface area contributed by atoms with Crippen molar-refractivity contribution < 1.29 is 9.53 Å². The van der Waals surface area contributed by atoms with E-state index in [9.17, 15) is 4.79 Å². The number of piperidine rings is 1. The maximum absolute atomic E-state index is 11.8. The molecule has 114 valence electrons. The molecule has 1 saturated carbocycles. The van der Waals surface area contributed by atoms with Gasteiger partial charge in [0.1, 0.15) is 0 Å². The largest absolute Gasteiger partial charge is 0.465 e. The lowest BCUT2D eigenvalue weighted by molar-refractivity contribution is 0.0601. The number of anilines is 2. The Hall–Kier alpha value is -1.71. The maximum atomic E-state index is 11.8. The smallest absolute Gasteiger partial charge is 0.337 e. The number of benzene rings is 1. The van der Waals surface area contributed by atoms with Crippen LogP contribution in [0.2, 0.25) is 0 Å². The summed E-state index contributed by atoms with van der Waals surface area (Å²) < 4.78 is 4.83. The highest BCUT2D eigenvalue weighted by molar-refractivity contribution is 5.92. The van der Waals surface area contributed by atoms with Crippen LogP contribution in [0.3, 0.4) is 0 Å². The molecular weight excluding hydrogens is 264 g/mol. The van der Waals surface area contributed by atoms with Crippen LogP contribution in [0.5, 0.6) is 0 Å². The first kappa shape index (κ1) is 14.2. The molecule has 0 bridgehead atoms. The zero-order chi connectivity index (χ0) is 14.8. The highest BCUT2D eigenvalue weighted by Gasteiger charge is 2.34. The van der Waals surface area contributed by atoms with Crippen LogP contribution < -0.4 is 10.6 Å². The van der Waals surface area contributed by atoms with Crippen molar-refractivity contribution in [2.45, 2.75) is 44.6 Å². The van der Waals surface area contributed by atoms with Gasteiger partial charge in [-0.3, -0.25) is 0 Å². The molecule has 0 amide bonds. The van der Waals surface area contributed by atoms with Gasteiger partial charge in [0.2, 0.25) is 0 Å². The van der Waals surface area contributed by atoms with Crippen molar-refractivity contribution in [3.8, 4) is 0 Å². The van der Waals surface area contributed by atoms with E-state index in [2.05, 4.69) is 4.90 Å². The van der Waals surface area contributed by atoms with Crippen LogP contribution in [-0.4, -0.2) is 25.7 Å². The van der Waals surface area contributed by atoms with Gasteiger partial charge in [0.15, 0.2) is 0 Å². The molecule has 2 N–H and O–H groups in total. The molecule has 1 aliphatic heterocycles. The molecular formula is C17H24N2O2. The van der Waals surface area contributed by atoms with E-state index in [1.54, 1.807) is 6.07 Å². The van der Waals surface area contributed by atoms with Crippen molar-refractivity contribution in [1.29, 1.82) is 0 Å². The van der Waals surface area contributed by atoms with Crippen molar-refractivity contribution in [3.05, 3.63) is 23.8 Å². The summed E-state index contributed by atoms with van der Waals surface area (Å²) in [4.78, 5) is 14.2. The van der Waals surface area contributed by atoms with E-state index >= 15 is 0 Å². The fraction of sp³-hybridized carbons (Fsp3) is 0.588. The first-order valence-electron chi connectivity index (χ1n) is 7.95. The first-order chi connectivity index (χ1) is 10.2. The normalized spacial score (nSPS) is 25.3. The van der Waals surface area contributed by atoms with E-state index in [1.807, 2.05) is 12.1 Å². The van der Waals surface area contributed by atoms with Crippen LogP contribution in [0.25, 0.3) is 0 Å². The number of hydrogen-bond donors (Lipinski definition) is 1. The molecule has 2 unspecified atom stereocenters. The van der Waals surface area contributed by atoms with Gasteiger partial charge in [-0.05, 0) is 49.8 Å². The van der Waals surface area contributed by atoms with Crippen molar-refractivity contribution in [1.82, 2.24) is 0 Å². The highest BCUT2D eigenvalue weighted by Crippen LogP contribution is 2.39. The minimum atomic E-state index is -0.298. The number of methoxy groups -OCH3 is 1. The number of nitrogens with two attached hydrogens (primary N) is 1. The van der Waals surface area contributed by atoms with Gasteiger partial charge in [-0.2, -0.15) is 0 Å². The standard InChI is InChI=1S/C17H24N2O2/c1-21-17(20)13-8-9-14(18)16(11-13)19-10-4-6-12-5-2-3-7-15(12)19/h8-9,11-12,15H,2-7,10,18H2,1H3. The fourth-order valence-electron chi connectivity index (χ4n) is 3.96. The summed E-state index contributed by atoms with van der Waals surface area (Å²) in [5, 5.41) is 0. The molecule has 0 radical (unpaired) electrons. The Morgan fingerprint density at radius 3 is 2.81 bits per heavy atom. The Bertz CT molecular complexity index is 528. The number of carbonyl (C=O) groups excluding carboxylic acids is 1. The van der Waals surface area contributed by atoms with Crippen LogP contribution in [0.4, 0.5) is 11.4 Å². The van der Waals surface area contributed by atoms with Gasteiger partial charge >= 0.3 is 5.97 Å². The highest BCUT2D eigenvalue weighted by atomic mass is 16.5. The minimum absolute atomic E-state index is 0.298. The van der Waals surface area contributed by atoms with Crippen LogP contribution in [-0.2, 0) is 4.74 Å². The van der Waals surface area contributed by atoms with Gasteiger partial charge in [-0.15, -0.1) is 0 Å². The lowest BCUT2D eigenvalue weighted by Crippen LogP contribution is -2.47. The molecule has 4 heteroatoms. The Morgan fingerprint density at radius 2 is 2.00 bits per heavy atom. The second-order valence-corrected chi connectivity index (χ2v) is 6.21. The Balaban J connectivity index is 1.92. The van der Waals surface area contributed by atoms with Gasteiger partial charge in [0.05, 0.1) is 24.0 Å². The SMILES string of the molecule is COC(=O)c1ccc(N)c(N2CCCC3CCCCC32)c1. The first-order valence-corrected chi connectivity index (χ1v) is 7.95. The molecule has 2 fully saturated rings. The van der Waals surface area contributed by atoms with Gasteiger partial charge in [0.25, 0.3) is 0 Å². The van der Waals surface area contributed by atoms with E-state index in [1.165, 1.54) is 45.6 Å². The van der Waals surface area contributed by atoms with Gasteiger partial charge < -0.3 is 15.4 Å². The lowest BCUT2D eigenvalue weighted by Gasteiger charge is -2.45. The minimum Gasteiger partial charge on any atom is -0.465 e. The molecule has 4 nitrogen and oxygen atoms in total. The zero-order valence-corrected chi connectivity index (χ0v) is 12.7. The van der Waals surface area contributed by atoms with Crippen molar-refractivity contribution in [2.24, 2.45) is 5.92 Å². The number of fused-ring (bicyclic) bond motifs is 1. The van der Waals surface area contributed by atoms with Crippen LogP contribution in [0.1, 0.15) is 48.9 Å². The Labute approximate surface area is 126 Å². The molecule has 1 saturated heterocycles. The summed E-state index contributed by atoms with van der Waals surface area (Å²) in [5.41, 5.74) is 8.54. The molecule has 0 aromatic heterocycles. The fourth-order valence-corrected chi connectivity index (χ4v) is 3.96. The van der Waals surface area contributed by atoms with E-state index < -0.39 is 0 Å². The number of nitrogen functional groups attached to an aromatic ring is 1. The molecule has 1 heterocycles. The quantitative estimate of drug-likeness (QED) is 0.670. The summed E-state index contributed by atoms with van der Waals surface area (Å²) in [6.45, 7) is 1.04. The predicted molar refractivity (Wildman–Crippen MR) is 84.5 cm³/mol. The zero-order valence-electron chi connectivity index (χ0n) is 12.7. The topological polar surface area (TPSA) is 55.6 Å². The third-order valence-electron chi connectivity index (χ3n) is 5.00. The van der Waals surface area contributed by atoms with Crippen LogP contribution in [0, 0.1) is 5.92 Å². The van der Waals surface area contributed by atoms with Crippen molar-refractivity contribution >= 4 is 17.3 Å². The second kappa shape index (κ2) is 5.96. The number of carbonyl (C=O) groups is 1. The molecule has 3 rings (SSSR count). The van der Waals surface area contributed by atoms with Gasteiger partial charge in [0, 0.05) is 12.6 Å². The summed E-state index contributed by atoms with van der Waals surface area (Å²) in [7, 11) is 1.41. The van der Waals surface area contributed by atoms with Crippen molar-refractivity contribution in [3.63, 3.8) is 0 Å².